The molecule has 0 spiro atoms. The molecule has 0 N–H and O–H groups in total. The van der Waals surface area contributed by atoms with E-state index in [1.807, 2.05) is 0 Å². The van der Waals surface area contributed by atoms with Crippen LogP contribution >= 0.6 is 0 Å². The fourth-order valence-electron chi connectivity index (χ4n) is 4.01. The zero-order valence-electron chi connectivity index (χ0n) is 17.9. The van der Waals surface area contributed by atoms with Gasteiger partial charge in [-0.05, 0) is 55.0 Å². The minimum atomic E-state index is 0.510. The minimum Gasteiger partial charge on any atom is -0.497 e. The van der Waals surface area contributed by atoms with Crippen molar-refractivity contribution in [3.63, 3.8) is 0 Å². The maximum Gasteiger partial charge on any atom is 0.118 e. The smallest absolute Gasteiger partial charge is 0.118 e. The van der Waals surface area contributed by atoms with Crippen molar-refractivity contribution >= 4 is 0 Å². The molecular weight excluding hydrogens is 352 g/mol. The van der Waals surface area contributed by atoms with Gasteiger partial charge in [0, 0.05) is 5.92 Å². The number of methoxy groups -OCH3 is 1. The van der Waals surface area contributed by atoms with Gasteiger partial charge in [0.2, 0.25) is 0 Å². The predicted octanol–water partition coefficient (Wildman–Crippen LogP) is 7.72. The normalized spacial score (nSPS) is 11.9. The zero-order chi connectivity index (χ0) is 20.3. The molecule has 1 unspecified atom stereocenters. The molecule has 0 aliphatic heterocycles. The van der Waals surface area contributed by atoms with Gasteiger partial charge in [-0.25, -0.2) is 0 Å². The van der Waals surface area contributed by atoms with Gasteiger partial charge < -0.3 is 4.74 Å². The van der Waals surface area contributed by atoms with Crippen molar-refractivity contribution in [3.05, 3.63) is 101 Å². The van der Waals surface area contributed by atoms with E-state index in [2.05, 4.69) is 85.8 Å². The second-order valence-corrected chi connectivity index (χ2v) is 8.03. The molecule has 3 aromatic rings. The quantitative estimate of drug-likeness (QED) is 0.306. The second kappa shape index (κ2) is 11.5. The Bertz CT molecular complexity index is 818. The van der Waals surface area contributed by atoms with Gasteiger partial charge in [0.05, 0.1) is 7.11 Å². The number of hydrogen-bond donors (Lipinski definition) is 0. The Morgan fingerprint density at radius 2 is 1.28 bits per heavy atom. The minimum absolute atomic E-state index is 0.510. The highest BCUT2D eigenvalue weighted by Crippen LogP contribution is 2.30. The van der Waals surface area contributed by atoms with Crippen molar-refractivity contribution in [3.8, 4) is 5.75 Å². The summed E-state index contributed by atoms with van der Waals surface area (Å²) < 4.78 is 5.23. The summed E-state index contributed by atoms with van der Waals surface area (Å²) in [6.07, 6.45) is 8.91. The molecule has 0 aromatic heterocycles. The van der Waals surface area contributed by atoms with E-state index in [-0.39, 0.29) is 0 Å². The fourth-order valence-corrected chi connectivity index (χ4v) is 4.01. The van der Waals surface area contributed by atoms with Gasteiger partial charge in [-0.1, -0.05) is 98.0 Å². The van der Waals surface area contributed by atoms with Crippen LogP contribution in [0.4, 0.5) is 0 Å². The molecular formula is C28H34O. The number of rotatable bonds is 11. The lowest BCUT2D eigenvalue weighted by Crippen LogP contribution is -2.01. The Balaban J connectivity index is 1.42. The van der Waals surface area contributed by atoms with Gasteiger partial charge in [0.15, 0.2) is 0 Å². The summed E-state index contributed by atoms with van der Waals surface area (Å²) in [7, 11) is 1.72. The summed E-state index contributed by atoms with van der Waals surface area (Å²) in [4.78, 5) is 0. The number of ether oxygens (including phenoxy) is 1. The molecule has 0 aliphatic rings. The molecule has 1 heteroatoms. The lowest BCUT2D eigenvalue weighted by atomic mass is 9.86. The van der Waals surface area contributed by atoms with Crippen LogP contribution in [-0.4, -0.2) is 7.11 Å². The van der Waals surface area contributed by atoms with Crippen LogP contribution in [0.1, 0.15) is 66.7 Å². The molecule has 3 aromatic carbocycles. The van der Waals surface area contributed by atoms with E-state index in [4.69, 9.17) is 4.74 Å². The highest BCUT2D eigenvalue weighted by Gasteiger charge is 2.13. The van der Waals surface area contributed by atoms with E-state index < -0.39 is 0 Å². The first-order valence-electron chi connectivity index (χ1n) is 11.0. The summed E-state index contributed by atoms with van der Waals surface area (Å²) in [5.74, 6) is 1.45. The molecule has 152 valence electrons. The zero-order valence-corrected chi connectivity index (χ0v) is 17.9. The van der Waals surface area contributed by atoms with Gasteiger partial charge in [0.1, 0.15) is 5.75 Å². The highest BCUT2D eigenvalue weighted by atomic mass is 16.5. The van der Waals surface area contributed by atoms with Crippen molar-refractivity contribution in [2.45, 2.75) is 57.8 Å². The third kappa shape index (κ3) is 6.78. The van der Waals surface area contributed by atoms with Crippen molar-refractivity contribution < 1.29 is 4.74 Å². The summed E-state index contributed by atoms with van der Waals surface area (Å²) in [6.45, 7) is 2.16. The summed E-state index contributed by atoms with van der Waals surface area (Å²) in [6, 6.07) is 28.6. The standard InChI is InChI=1S/C28H34O/c1-23-15-19-26(20-16-23)28(25-12-8-6-9-13-25)14-10-5-3-4-7-11-24-17-21-27(29-2)22-18-24/h6,8-9,12-13,15-22,28H,3-5,7,10-11,14H2,1-2H3. The van der Waals surface area contributed by atoms with Crippen molar-refractivity contribution in [2.75, 3.05) is 7.11 Å². The molecule has 0 fully saturated rings. The maximum atomic E-state index is 5.23. The van der Waals surface area contributed by atoms with Crippen LogP contribution in [0.15, 0.2) is 78.9 Å². The lowest BCUT2D eigenvalue weighted by molar-refractivity contribution is 0.414. The van der Waals surface area contributed by atoms with Crippen molar-refractivity contribution in [1.82, 2.24) is 0 Å². The van der Waals surface area contributed by atoms with Crippen LogP contribution in [0, 0.1) is 6.92 Å². The Morgan fingerprint density at radius 3 is 1.97 bits per heavy atom. The van der Waals surface area contributed by atoms with E-state index in [9.17, 15) is 0 Å². The number of unbranched alkanes of at least 4 members (excludes halogenated alkanes) is 4. The van der Waals surface area contributed by atoms with E-state index in [1.54, 1.807) is 7.11 Å². The molecule has 0 heterocycles. The Labute approximate surface area is 176 Å². The largest absolute Gasteiger partial charge is 0.497 e. The molecule has 0 bridgehead atoms. The Hall–Kier alpha value is -2.54. The van der Waals surface area contributed by atoms with Gasteiger partial charge in [-0.3, -0.25) is 0 Å². The molecule has 1 atom stereocenters. The Kier molecular flexibility index (Phi) is 8.37. The highest BCUT2D eigenvalue weighted by molar-refractivity contribution is 5.33. The van der Waals surface area contributed by atoms with Gasteiger partial charge in [-0.2, -0.15) is 0 Å². The molecule has 0 amide bonds. The third-order valence-corrected chi connectivity index (χ3v) is 5.80. The van der Waals surface area contributed by atoms with Gasteiger partial charge in [-0.15, -0.1) is 0 Å². The molecule has 0 saturated carbocycles. The van der Waals surface area contributed by atoms with Crippen LogP contribution < -0.4 is 4.74 Å². The second-order valence-electron chi connectivity index (χ2n) is 8.03. The van der Waals surface area contributed by atoms with Crippen molar-refractivity contribution in [1.29, 1.82) is 0 Å². The maximum absolute atomic E-state index is 5.23. The number of benzene rings is 3. The number of aryl methyl sites for hydroxylation is 2. The van der Waals surface area contributed by atoms with E-state index in [0.717, 1.165) is 5.75 Å². The third-order valence-electron chi connectivity index (χ3n) is 5.80. The fraction of sp³-hybridized carbons (Fsp3) is 0.357. The van der Waals surface area contributed by atoms with E-state index >= 15 is 0 Å². The average molecular weight is 387 g/mol. The first kappa shape index (κ1) is 21.2. The van der Waals surface area contributed by atoms with Gasteiger partial charge >= 0.3 is 0 Å². The molecule has 0 aliphatic carbocycles. The molecule has 0 saturated heterocycles. The van der Waals surface area contributed by atoms with Gasteiger partial charge in [0.25, 0.3) is 0 Å². The van der Waals surface area contributed by atoms with Crippen LogP contribution in [0.5, 0.6) is 5.75 Å². The summed E-state index contributed by atoms with van der Waals surface area (Å²) in [5.41, 5.74) is 5.63. The van der Waals surface area contributed by atoms with E-state index in [0.29, 0.717) is 5.92 Å². The average Bonchev–Trinajstić information content (AvgIpc) is 2.77. The number of hydrogen-bond acceptors (Lipinski definition) is 1. The monoisotopic (exact) mass is 386 g/mol. The topological polar surface area (TPSA) is 9.23 Å². The first-order valence-corrected chi connectivity index (χ1v) is 11.0. The molecule has 3 rings (SSSR count). The molecule has 0 radical (unpaired) electrons. The predicted molar refractivity (Wildman–Crippen MR) is 124 cm³/mol. The first-order chi connectivity index (χ1) is 14.3. The van der Waals surface area contributed by atoms with Crippen LogP contribution in [0.25, 0.3) is 0 Å². The molecule has 29 heavy (non-hydrogen) atoms. The van der Waals surface area contributed by atoms with E-state index in [1.165, 1.54) is 67.2 Å². The summed E-state index contributed by atoms with van der Waals surface area (Å²) >= 11 is 0. The van der Waals surface area contributed by atoms with Crippen LogP contribution in [-0.2, 0) is 6.42 Å². The lowest BCUT2D eigenvalue weighted by Gasteiger charge is -2.18. The SMILES string of the molecule is COc1ccc(CCCCCCCC(c2ccccc2)c2ccc(C)cc2)cc1. The van der Waals surface area contributed by atoms with Crippen molar-refractivity contribution in [2.24, 2.45) is 0 Å². The van der Waals surface area contributed by atoms with Crippen LogP contribution in [0.3, 0.4) is 0 Å². The summed E-state index contributed by atoms with van der Waals surface area (Å²) in [5, 5.41) is 0. The van der Waals surface area contributed by atoms with Crippen LogP contribution in [0.2, 0.25) is 0 Å². The Morgan fingerprint density at radius 1 is 0.655 bits per heavy atom. The molecule has 1 nitrogen and oxygen atoms in total.